The van der Waals surface area contributed by atoms with Crippen LogP contribution in [-0.2, 0) is 11.0 Å². The molecule has 3 N–H and O–H groups in total. The Labute approximate surface area is 127 Å². The first-order valence-corrected chi connectivity index (χ1v) is 7.97. The van der Waals surface area contributed by atoms with Crippen LogP contribution in [0.5, 0.6) is 0 Å². The lowest BCUT2D eigenvalue weighted by Crippen LogP contribution is -2.40. The number of nitrogens with zero attached hydrogens (tertiary/aromatic N) is 3. The van der Waals surface area contributed by atoms with Gasteiger partial charge in [0.25, 0.3) is 0 Å². The van der Waals surface area contributed by atoms with Gasteiger partial charge >= 0.3 is 0 Å². The third-order valence-electron chi connectivity index (χ3n) is 2.93. The molecule has 1 aromatic rings. The molecule has 7 heteroatoms. The maximum Gasteiger partial charge on any atom is 0.227 e. The molecule has 0 fully saturated rings. The summed E-state index contributed by atoms with van der Waals surface area (Å²) in [6.07, 6.45) is 1.88. The zero-order chi connectivity index (χ0) is 15.5. The monoisotopic (exact) mass is 307 g/mol. The fraction of sp³-hybridized carbons (Fsp3) is 0.429. The van der Waals surface area contributed by atoms with E-state index < -0.39 is 11.0 Å². The Kier molecular flexibility index (Phi) is 4.62. The minimum atomic E-state index is -1.40. The Morgan fingerprint density at radius 3 is 2.67 bits per heavy atom. The molecule has 6 nitrogen and oxygen atoms in total. The van der Waals surface area contributed by atoms with Crippen molar-refractivity contribution in [2.45, 2.75) is 25.7 Å². The van der Waals surface area contributed by atoms with E-state index in [0.717, 1.165) is 0 Å². The van der Waals surface area contributed by atoms with E-state index in [1.807, 2.05) is 13.1 Å². The molecule has 1 unspecified atom stereocenters. The van der Waals surface area contributed by atoms with Gasteiger partial charge in [0, 0.05) is 23.9 Å². The molecule has 1 heterocycles. The third kappa shape index (κ3) is 4.04. The van der Waals surface area contributed by atoms with Crippen LogP contribution in [0.2, 0.25) is 0 Å². The maximum absolute atomic E-state index is 12.4. The van der Waals surface area contributed by atoms with Crippen molar-refractivity contribution in [2.75, 3.05) is 18.8 Å². The number of anilines is 1. The topological polar surface area (TPSA) is 83.1 Å². The second kappa shape index (κ2) is 6.26. The quantitative estimate of drug-likeness (QED) is 0.505. The molecule has 0 saturated heterocycles. The van der Waals surface area contributed by atoms with Gasteiger partial charge in [-0.05, 0) is 31.2 Å². The summed E-state index contributed by atoms with van der Waals surface area (Å²) in [6, 6.07) is 6.92. The Morgan fingerprint density at radius 1 is 1.48 bits per heavy atom. The van der Waals surface area contributed by atoms with Crippen LogP contribution < -0.4 is 10.5 Å². The Balaban J connectivity index is 2.11. The molecule has 2 rings (SSSR count). The van der Waals surface area contributed by atoms with Crippen molar-refractivity contribution in [3.63, 3.8) is 0 Å². The summed E-state index contributed by atoms with van der Waals surface area (Å²) < 4.78 is 15.3. The highest BCUT2D eigenvalue weighted by Gasteiger charge is 2.28. The van der Waals surface area contributed by atoms with Crippen LogP contribution in [0.4, 0.5) is 5.69 Å². The number of benzene rings is 1. The van der Waals surface area contributed by atoms with E-state index in [0.29, 0.717) is 29.6 Å². The lowest BCUT2D eigenvalue weighted by atomic mass is 9.97. The molecular weight excluding hydrogens is 286 g/mol. The number of guanidine groups is 1. The maximum atomic E-state index is 12.4. The van der Waals surface area contributed by atoms with Crippen molar-refractivity contribution in [2.24, 2.45) is 15.5 Å². The highest BCUT2D eigenvalue weighted by Crippen LogP contribution is 2.20. The van der Waals surface area contributed by atoms with E-state index in [1.165, 1.54) is 0 Å². The fourth-order valence-corrected chi connectivity index (χ4v) is 2.71. The molecule has 0 spiro atoms. The number of hydrogen-bond donors (Lipinski definition) is 2. The first-order valence-electron chi connectivity index (χ1n) is 6.82. The molecule has 21 heavy (non-hydrogen) atoms. The normalized spacial score (nSPS) is 18.8. The van der Waals surface area contributed by atoms with Gasteiger partial charge in [-0.2, -0.15) is 5.10 Å². The second-order valence-corrected chi connectivity index (χ2v) is 6.74. The van der Waals surface area contributed by atoms with Crippen LogP contribution in [0.25, 0.3) is 0 Å². The first-order chi connectivity index (χ1) is 9.91. The number of nitrogen functional groups attached to an aromatic ring is 1. The fourth-order valence-electron chi connectivity index (χ4n) is 1.87. The molecule has 1 atom stereocenters. The summed E-state index contributed by atoms with van der Waals surface area (Å²) in [5.41, 5.74) is 6.26. The molecule has 0 aromatic heterocycles. The highest BCUT2D eigenvalue weighted by atomic mass is 32.2. The number of nitrogens with two attached hydrogens (primary N) is 1. The van der Waals surface area contributed by atoms with Crippen LogP contribution >= 0.6 is 0 Å². The molecule has 0 saturated carbocycles. The van der Waals surface area contributed by atoms with Gasteiger partial charge in [0.1, 0.15) is 0 Å². The van der Waals surface area contributed by atoms with Gasteiger partial charge < -0.3 is 5.73 Å². The summed E-state index contributed by atoms with van der Waals surface area (Å²) in [7, 11) is -1.40. The summed E-state index contributed by atoms with van der Waals surface area (Å²) >= 11 is 0. The van der Waals surface area contributed by atoms with Crippen molar-refractivity contribution < 1.29 is 4.21 Å². The summed E-state index contributed by atoms with van der Waals surface area (Å²) in [5.74, 6) is 0.523. The van der Waals surface area contributed by atoms with Gasteiger partial charge in [-0.1, -0.05) is 13.8 Å². The Morgan fingerprint density at radius 2 is 2.14 bits per heavy atom. The van der Waals surface area contributed by atoms with Crippen molar-refractivity contribution in [3.8, 4) is 0 Å². The number of nitrogens with one attached hydrogen (secondary N) is 1. The van der Waals surface area contributed by atoms with Crippen LogP contribution in [0, 0.1) is 5.41 Å². The van der Waals surface area contributed by atoms with E-state index in [2.05, 4.69) is 28.7 Å². The standard InChI is InChI=1S/C14H21N5OS/c1-4-16-13(19-10-14(2,3)9-17-19)18-21(20)12-7-5-11(15)6-8-12/h5-9H,4,10,15H2,1-3H3,(H,16,18). The zero-order valence-electron chi connectivity index (χ0n) is 12.5. The molecule has 114 valence electrons. The van der Waals surface area contributed by atoms with E-state index in [9.17, 15) is 4.21 Å². The highest BCUT2D eigenvalue weighted by molar-refractivity contribution is 7.83. The predicted molar refractivity (Wildman–Crippen MR) is 87.4 cm³/mol. The molecule has 0 bridgehead atoms. The minimum Gasteiger partial charge on any atom is -0.399 e. The Hall–Kier alpha value is -1.89. The number of rotatable bonds is 3. The van der Waals surface area contributed by atoms with E-state index in [-0.39, 0.29) is 5.41 Å². The molecule has 0 aliphatic carbocycles. The molecule has 0 amide bonds. The van der Waals surface area contributed by atoms with Gasteiger partial charge in [0.15, 0.2) is 11.0 Å². The van der Waals surface area contributed by atoms with Crippen molar-refractivity contribution in [1.82, 2.24) is 9.73 Å². The Bertz CT molecular complexity index is 580. The van der Waals surface area contributed by atoms with Gasteiger partial charge in [0.05, 0.1) is 11.4 Å². The summed E-state index contributed by atoms with van der Waals surface area (Å²) in [4.78, 5) is 5.00. The minimum absolute atomic E-state index is 0.0150. The first kappa shape index (κ1) is 15.5. The van der Waals surface area contributed by atoms with Gasteiger partial charge in [-0.25, -0.2) is 9.22 Å². The molecule has 1 aromatic carbocycles. The largest absolute Gasteiger partial charge is 0.399 e. The van der Waals surface area contributed by atoms with Crippen molar-refractivity contribution in [1.29, 1.82) is 0 Å². The summed E-state index contributed by atoms with van der Waals surface area (Å²) in [6.45, 7) is 7.41. The van der Waals surface area contributed by atoms with Crippen LogP contribution in [0.3, 0.4) is 0 Å². The van der Waals surface area contributed by atoms with Gasteiger partial charge in [-0.15, -0.1) is 0 Å². The van der Waals surface area contributed by atoms with Crippen LogP contribution in [0.15, 0.2) is 39.3 Å². The average Bonchev–Trinajstić information content (AvgIpc) is 2.79. The van der Waals surface area contributed by atoms with Crippen molar-refractivity contribution >= 4 is 28.8 Å². The van der Waals surface area contributed by atoms with E-state index in [4.69, 9.17) is 5.73 Å². The predicted octanol–water partition coefficient (Wildman–Crippen LogP) is 1.58. The number of hydrogen-bond acceptors (Lipinski definition) is 4. The molecule has 1 aliphatic rings. The number of aliphatic imine (C=N–C) groups is 1. The van der Waals surface area contributed by atoms with Crippen LogP contribution in [-0.4, -0.2) is 34.5 Å². The SMILES string of the molecule is CCN=C(NS(=O)c1ccc(N)cc1)N1CC(C)(C)C=N1. The molecule has 0 radical (unpaired) electrons. The second-order valence-electron chi connectivity index (χ2n) is 5.53. The lowest BCUT2D eigenvalue weighted by Gasteiger charge is -2.21. The lowest BCUT2D eigenvalue weighted by molar-refractivity contribution is 0.379. The van der Waals surface area contributed by atoms with Crippen LogP contribution in [0.1, 0.15) is 20.8 Å². The van der Waals surface area contributed by atoms with Gasteiger partial charge in [0.2, 0.25) is 5.96 Å². The van der Waals surface area contributed by atoms with E-state index in [1.54, 1.807) is 29.3 Å². The van der Waals surface area contributed by atoms with Crippen molar-refractivity contribution in [3.05, 3.63) is 24.3 Å². The smallest absolute Gasteiger partial charge is 0.227 e. The van der Waals surface area contributed by atoms with E-state index >= 15 is 0 Å². The average molecular weight is 307 g/mol. The number of hydrazone groups is 1. The molecule has 1 aliphatic heterocycles. The zero-order valence-corrected chi connectivity index (χ0v) is 13.4. The third-order valence-corrected chi connectivity index (χ3v) is 4.00. The molecular formula is C14H21N5OS. The summed E-state index contributed by atoms with van der Waals surface area (Å²) in [5, 5.41) is 6.08. The van der Waals surface area contributed by atoms with Gasteiger partial charge in [-0.3, -0.25) is 9.71 Å².